The van der Waals surface area contributed by atoms with Gasteiger partial charge < -0.3 is 20.3 Å². The van der Waals surface area contributed by atoms with Crippen molar-refractivity contribution < 1.29 is 14.9 Å². The first-order valence-corrected chi connectivity index (χ1v) is 2.64. The summed E-state index contributed by atoms with van der Waals surface area (Å²) in [6.07, 6.45) is 0. The first kappa shape index (κ1) is 6.22. The molecule has 1 atom stereocenters. The Bertz CT molecular complexity index is 143. The van der Waals surface area contributed by atoms with Gasteiger partial charge in [0.1, 0.15) is 6.04 Å². The largest absolute Gasteiger partial charge is 0.505 e. The SMILES string of the molecule is COC1=C(O)[C@@H](CO)N1. The Morgan fingerprint density at radius 2 is 2.44 bits per heavy atom. The lowest BCUT2D eigenvalue weighted by molar-refractivity contribution is 0.124. The zero-order valence-corrected chi connectivity index (χ0v) is 5.09. The Morgan fingerprint density at radius 3 is 2.78 bits per heavy atom. The van der Waals surface area contributed by atoms with Crippen LogP contribution in [0.1, 0.15) is 0 Å². The minimum absolute atomic E-state index is 0.0972. The first-order valence-electron chi connectivity index (χ1n) is 2.64. The predicted molar refractivity (Wildman–Crippen MR) is 30.7 cm³/mol. The summed E-state index contributed by atoms with van der Waals surface area (Å²) in [5, 5.41) is 20.0. The van der Waals surface area contributed by atoms with Crippen molar-refractivity contribution >= 4 is 0 Å². The van der Waals surface area contributed by atoms with Gasteiger partial charge in [-0.05, 0) is 0 Å². The molecule has 52 valence electrons. The Labute approximate surface area is 52.8 Å². The van der Waals surface area contributed by atoms with Crippen LogP contribution in [-0.4, -0.2) is 30.0 Å². The molecule has 0 spiro atoms. The molecule has 0 unspecified atom stereocenters. The molecule has 1 heterocycles. The maximum atomic E-state index is 8.90. The maximum absolute atomic E-state index is 8.90. The van der Waals surface area contributed by atoms with Gasteiger partial charge in [0.05, 0.1) is 13.7 Å². The van der Waals surface area contributed by atoms with Crippen LogP contribution in [0.2, 0.25) is 0 Å². The normalized spacial score (nSPS) is 24.9. The topological polar surface area (TPSA) is 61.7 Å². The summed E-state index contributed by atoms with van der Waals surface area (Å²) in [6, 6.07) is -0.319. The lowest BCUT2D eigenvalue weighted by Crippen LogP contribution is -2.45. The van der Waals surface area contributed by atoms with Gasteiger partial charge in [0.15, 0.2) is 5.76 Å². The quantitative estimate of drug-likeness (QED) is 0.465. The third-order valence-corrected chi connectivity index (χ3v) is 1.25. The Balaban J connectivity index is 2.51. The number of aliphatic hydroxyl groups excluding tert-OH is 2. The standard InChI is InChI=1S/C5H9NO3/c1-9-5-4(8)3(2-7)6-5/h3,6-8H,2H2,1H3/t3-/m1/s1. The molecular formula is C5H9NO3. The Kier molecular flexibility index (Phi) is 1.48. The smallest absolute Gasteiger partial charge is 0.228 e. The third-order valence-electron chi connectivity index (χ3n) is 1.25. The van der Waals surface area contributed by atoms with E-state index in [9.17, 15) is 0 Å². The van der Waals surface area contributed by atoms with E-state index < -0.39 is 0 Å². The van der Waals surface area contributed by atoms with Gasteiger partial charge in [-0.2, -0.15) is 0 Å². The zero-order chi connectivity index (χ0) is 6.85. The highest BCUT2D eigenvalue weighted by Crippen LogP contribution is 2.15. The summed E-state index contributed by atoms with van der Waals surface area (Å²) in [7, 11) is 1.45. The van der Waals surface area contributed by atoms with Crippen molar-refractivity contribution in [3.8, 4) is 0 Å². The van der Waals surface area contributed by atoms with Crippen LogP contribution in [-0.2, 0) is 4.74 Å². The van der Waals surface area contributed by atoms with Crippen LogP contribution < -0.4 is 5.32 Å². The van der Waals surface area contributed by atoms with Crippen LogP contribution in [0.25, 0.3) is 0 Å². The van der Waals surface area contributed by atoms with Crippen LogP contribution in [0, 0.1) is 0 Å². The molecule has 0 aromatic carbocycles. The molecule has 4 heteroatoms. The number of rotatable bonds is 2. The fourth-order valence-electron chi connectivity index (χ4n) is 0.677. The van der Waals surface area contributed by atoms with Crippen molar-refractivity contribution in [1.29, 1.82) is 0 Å². The summed E-state index contributed by atoms with van der Waals surface area (Å²) in [6.45, 7) is -0.0985. The van der Waals surface area contributed by atoms with Gasteiger partial charge in [0.25, 0.3) is 0 Å². The zero-order valence-electron chi connectivity index (χ0n) is 5.09. The number of nitrogens with one attached hydrogen (secondary N) is 1. The molecule has 4 nitrogen and oxygen atoms in total. The second kappa shape index (κ2) is 2.14. The molecule has 9 heavy (non-hydrogen) atoms. The van der Waals surface area contributed by atoms with Crippen LogP contribution in [0.3, 0.4) is 0 Å². The third kappa shape index (κ3) is 0.810. The first-order chi connectivity index (χ1) is 4.29. The minimum atomic E-state index is -0.319. The highest BCUT2D eigenvalue weighted by atomic mass is 16.5. The lowest BCUT2D eigenvalue weighted by atomic mass is 10.2. The van der Waals surface area contributed by atoms with Crippen molar-refractivity contribution in [2.75, 3.05) is 13.7 Å². The molecule has 3 N–H and O–H groups in total. The summed E-state index contributed by atoms with van der Waals surface area (Å²) < 4.78 is 4.64. The van der Waals surface area contributed by atoms with E-state index in [0.717, 1.165) is 0 Å². The number of hydrogen-bond acceptors (Lipinski definition) is 4. The summed E-state index contributed by atoms with van der Waals surface area (Å²) in [5.74, 6) is 0.453. The number of ether oxygens (including phenoxy) is 1. The second-order valence-corrected chi connectivity index (χ2v) is 1.80. The van der Waals surface area contributed by atoms with Crippen LogP contribution in [0.15, 0.2) is 11.6 Å². The van der Waals surface area contributed by atoms with Gasteiger partial charge in [0, 0.05) is 0 Å². The average Bonchev–Trinajstić information content (AvgIpc) is 1.87. The fraction of sp³-hybridized carbons (Fsp3) is 0.600. The highest BCUT2D eigenvalue weighted by Gasteiger charge is 2.28. The maximum Gasteiger partial charge on any atom is 0.228 e. The minimum Gasteiger partial charge on any atom is -0.505 e. The Morgan fingerprint density at radius 1 is 1.78 bits per heavy atom. The van der Waals surface area contributed by atoms with Gasteiger partial charge in [-0.1, -0.05) is 0 Å². The van der Waals surface area contributed by atoms with Gasteiger partial charge in [-0.15, -0.1) is 0 Å². The van der Waals surface area contributed by atoms with E-state index in [4.69, 9.17) is 10.2 Å². The summed E-state index contributed by atoms with van der Waals surface area (Å²) in [5.41, 5.74) is 0. The van der Waals surface area contributed by atoms with Crippen molar-refractivity contribution in [3.63, 3.8) is 0 Å². The molecule has 0 amide bonds. The average molecular weight is 131 g/mol. The van der Waals surface area contributed by atoms with E-state index in [2.05, 4.69) is 10.1 Å². The van der Waals surface area contributed by atoms with Crippen molar-refractivity contribution in [3.05, 3.63) is 11.6 Å². The van der Waals surface area contributed by atoms with E-state index in [1.165, 1.54) is 7.11 Å². The van der Waals surface area contributed by atoms with Crippen LogP contribution in [0.5, 0.6) is 0 Å². The molecule has 0 aliphatic carbocycles. The van der Waals surface area contributed by atoms with E-state index in [1.54, 1.807) is 0 Å². The molecule has 0 saturated carbocycles. The van der Waals surface area contributed by atoms with E-state index >= 15 is 0 Å². The van der Waals surface area contributed by atoms with Crippen LogP contribution >= 0.6 is 0 Å². The number of aliphatic hydroxyl groups is 2. The summed E-state index contributed by atoms with van der Waals surface area (Å²) >= 11 is 0. The van der Waals surface area contributed by atoms with E-state index in [1.807, 2.05) is 0 Å². The van der Waals surface area contributed by atoms with Crippen LogP contribution in [0.4, 0.5) is 0 Å². The van der Waals surface area contributed by atoms with Crippen molar-refractivity contribution in [2.24, 2.45) is 0 Å². The molecule has 0 saturated heterocycles. The number of methoxy groups -OCH3 is 1. The second-order valence-electron chi connectivity index (χ2n) is 1.80. The van der Waals surface area contributed by atoms with Gasteiger partial charge in [0.2, 0.25) is 5.88 Å². The summed E-state index contributed by atoms with van der Waals surface area (Å²) in [4.78, 5) is 0. The van der Waals surface area contributed by atoms with E-state index in [-0.39, 0.29) is 18.4 Å². The number of hydrogen-bond donors (Lipinski definition) is 3. The fourth-order valence-corrected chi connectivity index (χ4v) is 0.677. The highest BCUT2D eigenvalue weighted by molar-refractivity contribution is 5.18. The van der Waals surface area contributed by atoms with Crippen molar-refractivity contribution in [2.45, 2.75) is 6.04 Å². The molecule has 0 aromatic rings. The molecule has 1 rings (SSSR count). The van der Waals surface area contributed by atoms with Gasteiger partial charge in [-0.25, -0.2) is 0 Å². The molecule has 1 aliphatic heterocycles. The van der Waals surface area contributed by atoms with Gasteiger partial charge >= 0.3 is 0 Å². The monoisotopic (exact) mass is 131 g/mol. The molecule has 0 radical (unpaired) electrons. The molecular weight excluding hydrogens is 122 g/mol. The van der Waals surface area contributed by atoms with E-state index in [0.29, 0.717) is 5.88 Å². The molecule has 1 aliphatic rings. The molecule has 0 fully saturated rings. The predicted octanol–water partition coefficient (Wildman–Crippen LogP) is -0.676. The molecule has 0 aromatic heterocycles. The van der Waals surface area contributed by atoms with Gasteiger partial charge in [-0.3, -0.25) is 0 Å². The van der Waals surface area contributed by atoms with Crippen molar-refractivity contribution in [1.82, 2.24) is 5.32 Å². The lowest BCUT2D eigenvalue weighted by Gasteiger charge is -2.28. The Hall–Kier alpha value is -0.900. The molecule has 0 bridgehead atoms.